The van der Waals surface area contributed by atoms with E-state index >= 15 is 0 Å². The zero-order valence-electron chi connectivity index (χ0n) is 7.23. The van der Waals surface area contributed by atoms with E-state index in [2.05, 4.69) is 0 Å². The van der Waals surface area contributed by atoms with Crippen molar-refractivity contribution in [2.24, 2.45) is 0 Å². The van der Waals surface area contributed by atoms with E-state index in [9.17, 15) is 5.11 Å². The molecule has 3 heteroatoms. The zero-order chi connectivity index (χ0) is 9.68. The van der Waals surface area contributed by atoms with Gasteiger partial charge in [-0.2, -0.15) is 0 Å². The molecular formula is C10H13ClO2. The fourth-order valence-corrected chi connectivity index (χ4v) is 1.38. The Bertz CT molecular complexity index is 238. The molecule has 0 fully saturated rings. The number of aliphatic hydroxyl groups is 2. The first-order valence-corrected chi connectivity index (χ1v) is 4.67. The van der Waals surface area contributed by atoms with E-state index in [0.717, 1.165) is 5.56 Å². The monoisotopic (exact) mass is 200 g/mol. The fraction of sp³-hybridized carbons (Fsp3) is 0.400. The highest BCUT2D eigenvalue weighted by Gasteiger charge is 2.16. The molecule has 0 aliphatic rings. The summed E-state index contributed by atoms with van der Waals surface area (Å²) in [5.74, 6) is 0. The van der Waals surface area contributed by atoms with Gasteiger partial charge in [0.15, 0.2) is 0 Å². The van der Waals surface area contributed by atoms with Crippen molar-refractivity contribution in [3.63, 3.8) is 0 Å². The zero-order valence-corrected chi connectivity index (χ0v) is 7.98. The van der Waals surface area contributed by atoms with E-state index in [1.807, 2.05) is 30.3 Å². The van der Waals surface area contributed by atoms with Crippen LogP contribution >= 0.6 is 11.6 Å². The number of hydrogen-bond donors (Lipinski definition) is 2. The number of halogens is 1. The maximum absolute atomic E-state index is 9.68. The van der Waals surface area contributed by atoms with E-state index in [-0.39, 0.29) is 6.61 Å². The van der Waals surface area contributed by atoms with Crippen molar-refractivity contribution in [2.45, 2.75) is 17.9 Å². The van der Waals surface area contributed by atoms with Crippen molar-refractivity contribution < 1.29 is 10.2 Å². The summed E-state index contributed by atoms with van der Waals surface area (Å²) in [7, 11) is 0. The summed E-state index contributed by atoms with van der Waals surface area (Å²) in [5, 5.41) is 17.9. The fourth-order valence-electron chi connectivity index (χ4n) is 1.14. The number of hydrogen-bond acceptors (Lipinski definition) is 2. The second-order valence-electron chi connectivity index (χ2n) is 2.88. The highest BCUT2D eigenvalue weighted by molar-refractivity contribution is 6.21. The number of rotatable bonds is 4. The SMILES string of the molecule is OCCC(Cl)C(O)c1ccccc1. The van der Waals surface area contributed by atoms with Gasteiger partial charge < -0.3 is 10.2 Å². The average Bonchev–Trinajstić information content (AvgIpc) is 2.18. The molecule has 0 heterocycles. The highest BCUT2D eigenvalue weighted by Crippen LogP contribution is 2.22. The molecule has 1 aromatic rings. The Labute approximate surface area is 82.8 Å². The molecule has 0 aliphatic heterocycles. The van der Waals surface area contributed by atoms with E-state index in [1.54, 1.807) is 0 Å². The molecule has 0 saturated heterocycles. The van der Waals surface area contributed by atoms with Crippen molar-refractivity contribution in [3.05, 3.63) is 35.9 Å². The third-order valence-corrected chi connectivity index (χ3v) is 2.35. The Kier molecular flexibility index (Phi) is 4.22. The maximum Gasteiger partial charge on any atom is 0.0954 e. The van der Waals surface area contributed by atoms with Crippen molar-refractivity contribution in [2.75, 3.05) is 6.61 Å². The van der Waals surface area contributed by atoms with Gasteiger partial charge >= 0.3 is 0 Å². The minimum atomic E-state index is -0.699. The summed E-state index contributed by atoms with van der Waals surface area (Å²) >= 11 is 5.86. The highest BCUT2D eigenvalue weighted by atomic mass is 35.5. The van der Waals surface area contributed by atoms with E-state index in [4.69, 9.17) is 16.7 Å². The van der Waals surface area contributed by atoms with Gasteiger partial charge in [0.25, 0.3) is 0 Å². The molecule has 0 radical (unpaired) electrons. The van der Waals surface area contributed by atoms with Crippen LogP contribution < -0.4 is 0 Å². The van der Waals surface area contributed by atoms with Crippen molar-refractivity contribution in [3.8, 4) is 0 Å². The first-order valence-electron chi connectivity index (χ1n) is 4.23. The Morgan fingerprint density at radius 2 is 1.85 bits per heavy atom. The van der Waals surface area contributed by atoms with Crippen LogP contribution in [0.25, 0.3) is 0 Å². The van der Waals surface area contributed by atoms with Gasteiger partial charge in [0.2, 0.25) is 0 Å². The van der Waals surface area contributed by atoms with Gasteiger partial charge in [0.1, 0.15) is 0 Å². The molecule has 0 aliphatic carbocycles. The third kappa shape index (κ3) is 2.99. The molecule has 2 N–H and O–H groups in total. The topological polar surface area (TPSA) is 40.5 Å². The van der Waals surface area contributed by atoms with Crippen LogP contribution in [0.15, 0.2) is 30.3 Å². The van der Waals surface area contributed by atoms with Crippen LogP contribution in [-0.4, -0.2) is 22.2 Å². The lowest BCUT2D eigenvalue weighted by molar-refractivity contribution is 0.156. The number of alkyl halides is 1. The molecule has 1 aromatic carbocycles. The molecule has 0 aromatic heterocycles. The van der Waals surface area contributed by atoms with Gasteiger partial charge in [0.05, 0.1) is 11.5 Å². The van der Waals surface area contributed by atoms with Gasteiger partial charge in [-0.25, -0.2) is 0 Å². The number of aliphatic hydroxyl groups excluding tert-OH is 2. The van der Waals surface area contributed by atoms with Crippen LogP contribution in [0.4, 0.5) is 0 Å². The van der Waals surface area contributed by atoms with E-state index < -0.39 is 11.5 Å². The average molecular weight is 201 g/mol. The second-order valence-corrected chi connectivity index (χ2v) is 3.44. The van der Waals surface area contributed by atoms with E-state index in [0.29, 0.717) is 6.42 Å². The summed E-state index contributed by atoms with van der Waals surface area (Å²) in [5.41, 5.74) is 0.788. The predicted molar refractivity (Wildman–Crippen MR) is 52.7 cm³/mol. The molecule has 2 nitrogen and oxygen atoms in total. The van der Waals surface area contributed by atoms with Crippen molar-refractivity contribution in [1.82, 2.24) is 0 Å². The summed E-state index contributed by atoms with van der Waals surface area (Å²) in [4.78, 5) is 0. The van der Waals surface area contributed by atoms with Crippen LogP contribution in [0.3, 0.4) is 0 Å². The summed E-state index contributed by atoms with van der Waals surface area (Å²) in [6.45, 7) is -0.00192. The first kappa shape index (κ1) is 10.5. The normalized spacial score (nSPS) is 15.3. The third-order valence-electron chi connectivity index (χ3n) is 1.89. The standard InChI is InChI=1S/C10H13ClO2/c11-9(6-7-12)10(13)8-4-2-1-3-5-8/h1-5,9-10,12-13H,6-7H2. The van der Waals surface area contributed by atoms with Gasteiger partial charge in [-0.05, 0) is 12.0 Å². The van der Waals surface area contributed by atoms with Gasteiger partial charge in [-0.3, -0.25) is 0 Å². The lowest BCUT2D eigenvalue weighted by Gasteiger charge is -2.15. The van der Waals surface area contributed by atoms with Crippen molar-refractivity contribution in [1.29, 1.82) is 0 Å². The summed E-state index contributed by atoms with van der Waals surface area (Å²) in [6, 6.07) is 9.21. The first-order chi connectivity index (χ1) is 6.25. The summed E-state index contributed by atoms with van der Waals surface area (Å²) < 4.78 is 0. The molecule has 0 amide bonds. The minimum absolute atomic E-state index is 0.00192. The molecular weight excluding hydrogens is 188 g/mol. The van der Waals surface area contributed by atoms with Gasteiger partial charge in [-0.15, -0.1) is 11.6 Å². The second kappa shape index (κ2) is 5.22. The van der Waals surface area contributed by atoms with Gasteiger partial charge in [0, 0.05) is 6.61 Å². The van der Waals surface area contributed by atoms with E-state index in [1.165, 1.54) is 0 Å². The van der Waals surface area contributed by atoms with Gasteiger partial charge in [-0.1, -0.05) is 30.3 Å². The maximum atomic E-state index is 9.68. The lowest BCUT2D eigenvalue weighted by Crippen LogP contribution is -2.13. The summed E-state index contributed by atoms with van der Waals surface area (Å²) in [6.07, 6.45) is -0.299. The molecule has 2 atom stereocenters. The van der Waals surface area contributed by atoms with Crippen LogP contribution in [0, 0.1) is 0 Å². The molecule has 1 rings (SSSR count). The van der Waals surface area contributed by atoms with Crippen molar-refractivity contribution >= 4 is 11.6 Å². The van der Waals surface area contributed by atoms with Crippen LogP contribution in [-0.2, 0) is 0 Å². The quantitative estimate of drug-likeness (QED) is 0.727. The van der Waals surface area contributed by atoms with Crippen LogP contribution in [0.5, 0.6) is 0 Å². The van der Waals surface area contributed by atoms with Crippen LogP contribution in [0.1, 0.15) is 18.1 Å². The Morgan fingerprint density at radius 1 is 1.23 bits per heavy atom. The predicted octanol–water partition coefficient (Wildman–Crippen LogP) is 1.71. The van der Waals surface area contributed by atoms with Crippen LogP contribution in [0.2, 0.25) is 0 Å². The molecule has 72 valence electrons. The Hall–Kier alpha value is -0.570. The Balaban J connectivity index is 2.62. The molecule has 13 heavy (non-hydrogen) atoms. The largest absolute Gasteiger partial charge is 0.396 e. The minimum Gasteiger partial charge on any atom is -0.396 e. The molecule has 0 bridgehead atoms. The lowest BCUT2D eigenvalue weighted by atomic mass is 10.1. The molecule has 0 saturated carbocycles. The molecule has 0 spiro atoms. The Morgan fingerprint density at radius 3 is 2.38 bits per heavy atom. The number of benzene rings is 1. The smallest absolute Gasteiger partial charge is 0.0954 e. The molecule has 2 unspecified atom stereocenters.